The van der Waals surface area contributed by atoms with Crippen LogP contribution in [0.1, 0.15) is 12.8 Å². The molecule has 0 aliphatic carbocycles. The van der Waals surface area contributed by atoms with Gasteiger partial charge in [-0.2, -0.15) is 4.31 Å². The summed E-state index contributed by atoms with van der Waals surface area (Å²) in [4.78, 5) is 20.9. The number of hydrogen-bond acceptors (Lipinski definition) is 6. The molecule has 10 heteroatoms. The zero-order valence-corrected chi connectivity index (χ0v) is 20.2. The first-order valence-corrected chi connectivity index (χ1v) is 13.2. The van der Waals surface area contributed by atoms with Gasteiger partial charge in [0.15, 0.2) is 5.13 Å². The lowest BCUT2D eigenvalue weighted by Gasteiger charge is -2.30. The molecule has 1 amide bonds. The molecule has 0 bridgehead atoms. The average Bonchev–Trinajstić information content (AvgIpc) is 3.51. The third-order valence-electron chi connectivity index (χ3n) is 6.12. The second kappa shape index (κ2) is 9.21. The lowest BCUT2D eigenvalue weighted by atomic mass is 9.97. The van der Waals surface area contributed by atoms with Crippen molar-refractivity contribution in [3.8, 4) is 17.0 Å². The van der Waals surface area contributed by atoms with Crippen molar-refractivity contribution in [2.75, 3.05) is 25.5 Å². The molecule has 1 saturated heterocycles. The zero-order valence-electron chi connectivity index (χ0n) is 18.5. The van der Waals surface area contributed by atoms with E-state index in [0.717, 1.165) is 22.2 Å². The number of nitrogens with one attached hydrogen (secondary N) is 2. The van der Waals surface area contributed by atoms with E-state index in [1.165, 1.54) is 22.8 Å². The van der Waals surface area contributed by atoms with Crippen molar-refractivity contribution < 1.29 is 17.9 Å². The Bertz CT molecular complexity index is 1420. The fourth-order valence-electron chi connectivity index (χ4n) is 4.20. The number of carbonyl (C=O) groups excluding carboxylic acids is 1. The second-order valence-corrected chi connectivity index (χ2v) is 10.9. The lowest BCUT2D eigenvalue weighted by Crippen LogP contribution is -2.41. The van der Waals surface area contributed by atoms with Crippen LogP contribution in [-0.2, 0) is 14.8 Å². The number of amides is 1. The maximum absolute atomic E-state index is 12.9. The number of thiazole rings is 1. The number of rotatable bonds is 6. The molecule has 1 fully saturated rings. The summed E-state index contributed by atoms with van der Waals surface area (Å²) < 4.78 is 32.4. The highest BCUT2D eigenvalue weighted by molar-refractivity contribution is 7.89. The summed E-state index contributed by atoms with van der Waals surface area (Å²) in [5, 5.41) is 6.46. The molecule has 0 atom stereocenters. The van der Waals surface area contributed by atoms with E-state index in [1.807, 2.05) is 35.8 Å². The highest BCUT2D eigenvalue weighted by Gasteiger charge is 2.32. The average molecular weight is 497 g/mol. The number of fused-ring (bicyclic) bond motifs is 1. The minimum Gasteiger partial charge on any atom is -0.497 e. The fraction of sp³-hybridized carbons (Fsp3) is 0.250. The van der Waals surface area contributed by atoms with Gasteiger partial charge in [-0.1, -0.05) is 18.2 Å². The summed E-state index contributed by atoms with van der Waals surface area (Å²) in [5.41, 5.74) is 2.83. The van der Waals surface area contributed by atoms with Crippen LogP contribution in [0, 0.1) is 5.92 Å². The van der Waals surface area contributed by atoms with E-state index in [9.17, 15) is 13.2 Å². The van der Waals surface area contributed by atoms with Crippen molar-refractivity contribution in [2.24, 2.45) is 5.92 Å². The third-order valence-corrected chi connectivity index (χ3v) is 8.79. The predicted molar refractivity (Wildman–Crippen MR) is 133 cm³/mol. The molecule has 3 heterocycles. The number of hydrogen-bond donors (Lipinski definition) is 2. The van der Waals surface area contributed by atoms with Crippen molar-refractivity contribution in [3.05, 3.63) is 60.1 Å². The van der Waals surface area contributed by atoms with Crippen LogP contribution in [0.5, 0.6) is 5.75 Å². The molecular formula is C24H24N4O4S2. The maximum atomic E-state index is 12.9. The number of carbonyl (C=O) groups is 1. The van der Waals surface area contributed by atoms with Crippen molar-refractivity contribution in [2.45, 2.75) is 17.7 Å². The summed E-state index contributed by atoms with van der Waals surface area (Å²) in [6, 6.07) is 14.3. The fourth-order valence-corrected chi connectivity index (χ4v) is 6.38. The van der Waals surface area contributed by atoms with E-state index < -0.39 is 10.0 Å². The zero-order chi connectivity index (χ0) is 23.7. The van der Waals surface area contributed by atoms with Gasteiger partial charge < -0.3 is 15.0 Å². The van der Waals surface area contributed by atoms with Crippen LogP contribution in [-0.4, -0.2) is 48.8 Å². The standard InChI is InChI=1S/C24H24N4O4S2/c1-32-17-6-8-18(9-7-17)34(30,31)28-12-10-16(11-13-28)23(29)27-24-26-22(15-33-24)20-14-25-21-5-3-2-4-19(20)21/h2-9,14-16,25H,10-13H2,1H3,(H,26,27,29). The molecule has 0 unspecified atom stereocenters. The Hall–Kier alpha value is -3.21. The molecular weight excluding hydrogens is 472 g/mol. The number of piperidine rings is 1. The van der Waals surface area contributed by atoms with Crippen molar-refractivity contribution in [3.63, 3.8) is 0 Å². The SMILES string of the molecule is COc1ccc(S(=O)(=O)N2CCC(C(=O)Nc3nc(-c4c[nH]c5ccccc45)cs3)CC2)cc1. The highest BCUT2D eigenvalue weighted by Crippen LogP contribution is 2.32. The van der Waals surface area contributed by atoms with Gasteiger partial charge in [0, 0.05) is 47.1 Å². The van der Waals surface area contributed by atoms with E-state index in [-0.39, 0.29) is 16.7 Å². The summed E-state index contributed by atoms with van der Waals surface area (Å²) in [5.74, 6) is 0.216. The smallest absolute Gasteiger partial charge is 0.243 e. The number of aromatic nitrogens is 2. The molecule has 0 spiro atoms. The molecule has 2 N–H and O–H groups in total. The summed E-state index contributed by atoms with van der Waals surface area (Å²) in [7, 11) is -2.07. The van der Waals surface area contributed by atoms with Gasteiger partial charge in [0.1, 0.15) is 5.75 Å². The Morgan fingerprint density at radius 1 is 1.15 bits per heavy atom. The predicted octanol–water partition coefficient (Wildman–Crippen LogP) is 4.34. The van der Waals surface area contributed by atoms with Gasteiger partial charge in [-0.25, -0.2) is 13.4 Å². The Morgan fingerprint density at radius 3 is 2.62 bits per heavy atom. The van der Waals surface area contributed by atoms with Crippen LogP contribution in [0.4, 0.5) is 5.13 Å². The molecule has 1 aliphatic rings. The number of nitrogens with zero attached hydrogens (tertiary/aromatic N) is 2. The number of methoxy groups -OCH3 is 1. The summed E-state index contributed by atoms with van der Waals surface area (Å²) >= 11 is 1.38. The molecule has 1 aliphatic heterocycles. The first-order chi connectivity index (χ1) is 16.5. The van der Waals surface area contributed by atoms with E-state index in [0.29, 0.717) is 36.8 Å². The van der Waals surface area contributed by atoms with Gasteiger partial charge in [-0.05, 0) is 43.2 Å². The lowest BCUT2D eigenvalue weighted by molar-refractivity contribution is -0.120. The van der Waals surface area contributed by atoms with Gasteiger partial charge in [0.05, 0.1) is 17.7 Å². The van der Waals surface area contributed by atoms with Gasteiger partial charge in [-0.3, -0.25) is 4.79 Å². The van der Waals surface area contributed by atoms with Crippen LogP contribution in [0.2, 0.25) is 0 Å². The number of anilines is 1. The van der Waals surface area contributed by atoms with Gasteiger partial charge in [0.25, 0.3) is 0 Å². The maximum Gasteiger partial charge on any atom is 0.243 e. The minimum atomic E-state index is -3.60. The molecule has 34 heavy (non-hydrogen) atoms. The molecule has 2 aromatic heterocycles. The second-order valence-electron chi connectivity index (χ2n) is 8.13. The van der Waals surface area contributed by atoms with Crippen molar-refractivity contribution in [1.82, 2.24) is 14.3 Å². The van der Waals surface area contributed by atoms with Crippen LogP contribution >= 0.6 is 11.3 Å². The molecule has 0 radical (unpaired) electrons. The van der Waals surface area contributed by atoms with Gasteiger partial charge >= 0.3 is 0 Å². The highest BCUT2D eigenvalue weighted by atomic mass is 32.2. The molecule has 4 aromatic rings. The van der Waals surface area contributed by atoms with Crippen molar-refractivity contribution >= 4 is 43.3 Å². The number of H-pyrrole nitrogens is 1. The summed E-state index contributed by atoms with van der Waals surface area (Å²) in [6.45, 7) is 0.593. The van der Waals surface area contributed by atoms with E-state index in [2.05, 4.69) is 15.3 Å². The molecule has 2 aromatic carbocycles. The topological polar surface area (TPSA) is 104 Å². The van der Waals surface area contributed by atoms with Crippen LogP contribution in [0.15, 0.2) is 65.0 Å². The monoisotopic (exact) mass is 496 g/mol. The number of benzene rings is 2. The van der Waals surface area contributed by atoms with Crippen molar-refractivity contribution in [1.29, 1.82) is 0 Å². The first kappa shape index (κ1) is 22.6. The molecule has 0 saturated carbocycles. The molecule has 8 nitrogen and oxygen atoms in total. The van der Waals surface area contributed by atoms with E-state index in [1.54, 1.807) is 24.3 Å². The van der Waals surface area contributed by atoms with Gasteiger partial charge in [-0.15, -0.1) is 11.3 Å². The van der Waals surface area contributed by atoms with Crippen LogP contribution < -0.4 is 10.1 Å². The molecule has 176 valence electrons. The van der Waals surface area contributed by atoms with E-state index >= 15 is 0 Å². The third kappa shape index (κ3) is 4.31. The quantitative estimate of drug-likeness (QED) is 0.413. The van der Waals surface area contributed by atoms with Crippen LogP contribution in [0.25, 0.3) is 22.2 Å². The summed E-state index contributed by atoms with van der Waals surface area (Å²) in [6.07, 6.45) is 2.84. The number of aromatic amines is 1. The minimum absolute atomic E-state index is 0.124. The van der Waals surface area contributed by atoms with Crippen LogP contribution in [0.3, 0.4) is 0 Å². The largest absolute Gasteiger partial charge is 0.497 e. The number of sulfonamides is 1. The Morgan fingerprint density at radius 2 is 1.88 bits per heavy atom. The van der Waals surface area contributed by atoms with E-state index in [4.69, 9.17) is 4.74 Å². The number of ether oxygens (including phenoxy) is 1. The number of para-hydroxylation sites is 1. The normalized spacial score (nSPS) is 15.4. The Kier molecular flexibility index (Phi) is 6.11. The molecule has 5 rings (SSSR count). The van der Waals surface area contributed by atoms with Gasteiger partial charge in [0.2, 0.25) is 15.9 Å². The first-order valence-electron chi connectivity index (χ1n) is 10.9. The Balaban J connectivity index is 1.21. The Labute approximate surface area is 201 Å².